The minimum Gasteiger partial charge on any atom is -0.296 e. The van der Waals surface area contributed by atoms with Gasteiger partial charge in [-0.1, -0.05) is 30.3 Å². The Morgan fingerprint density at radius 3 is 2.33 bits per heavy atom. The molecule has 1 fully saturated rings. The number of benzene rings is 1. The average molecular weight is 318 g/mol. The lowest BCUT2D eigenvalue weighted by molar-refractivity contribution is -0.0510. The van der Waals surface area contributed by atoms with E-state index in [0.29, 0.717) is 0 Å². The monoisotopic (exact) mass is 318 g/mol. The van der Waals surface area contributed by atoms with Crippen LogP contribution in [0.2, 0.25) is 0 Å². The predicted molar refractivity (Wildman–Crippen MR) is 68.4 cm³/mol. The molecule has 0 aliphatic carbocycles. The van der Waals surface area contributed by atoms with Crippen LogP contribution >= 0.6 is 23.0 Å². The summed E-state index contributed by atoms with van der Waals surface area (Å²) in [4.78, 5) is 2.46. The van der Waals surface area contributed by atoms with Gasteiger partial charge in [-0.25, -0.2) is 3.17 Å². The van der Waals surface area contributed by atoms with Crippen molar-refractivity contribution >= 4 is 23.0 Å². The van der Waals surface area contributed by atoms with E-state index in [-0.39, 0.29) is 0 Å². The summed E-state index contributed by atoms with van der Waals surface area (Å²) in [5, 5.41) is 2.00. The predicted octanol–water partition coefficient (Wildman–Crippen LogP) is 2.09. The number of piperazine rings is 1. The summed E-state index contributed by atoms with van der Waals surface area (Å²) in [7, 11) is 0. The Labute approximate surface area is 105 Å². The van der Waals surface area contributed by atoms with Gasteiger partial charge >= 0.3 is 0 Å². The number of hydrogen-bond donors (Lipinski definition) is 0. The van der Waals surface area contributed by atoms with E-state index in [1.807, 2.05) is 28.1 Å². The summed E-state index contributed by atoms with van der Waals surface area (Å²) in [5.41, 5.74) is 1.39. The highest BCUT2D eigenvalue weighted by molar-refractivity contribution is 14.1. The van der Waals surface area contributed by atoms with Gasteiger partial charge in [0.1, 0.15) is 23.0 Å². The van der Waals surface area contributed by atoms with Crippen molar-refractivity contribution in [1.29, 1.82) is 0 Å². The van der Waals surface area contributed by atoms with Gasteiger partial charge in [0, 0.05) is 32.7 Å². The van der Waals surface area contributed by atoms with E-state index in [4.69, 9.17) is 3.17 Å². The third-order valence-corrected chi connectivity index (χ3v) is 3.23. The molecule has 0 atom stereocenters. The molecule has 1 heterocycles. The summed E-state index contributed by atoms with van der Waals surface area (Å²) in [6.07, 6.45) is 0. The van der Waals surface area contributed by atoms with Crippen LogP contribution in [-0.4, -0.2) is 36.1 Å². The first kappa shape index (κ1) is 11.3. The topological polar surface area (TPSA) is 15.7 Å². The van der Waals surface area contributed by atoms with Gasteiger partial charge < -0.3 is 0 Å². The summed E-state index contributed by atoms with van der Waals surface area (Å²) in [6, 6.07) is 10.6. The number of hydrogen-bond acceptors (Lipinski definition) is 3. The van der Waals surface area contributed by atoms with Crippen molar-refractivity contribution in [2.45, 2.75) is 6.54 Å². The molecule has 1 aliphatic rings. The first-order valence-corrected chi connectivity index (χ1v) is 6.06. The third kappa shape index (κ3) is 3.41. The molecule has 4 heteroatoms. The maximum absolute atomic E-state index is 5.17. The Bertz CT molecular complexity index is 286. The van der Waals surface area contributed by atoms with E-state index < -0.39 is 0 Å². The van der Waals surface area contributed by atoms with Crippen LogP contribution in [0.3, 0.4) is 0 Å². The number of hydroxylamine groups is 2. The Hall–Kier alpha value is -0.170. The zero-order chi connectivity index (χ0) is 10.5. The summed E-state index contributed by atoms with van der Waals surface area (Å²) in [6.45, 7) is 5.21. The van der Waals surface area contributed by atoms with Gasteiger partial charge in [-0.15, -0.1) is 0 Å². The Morgan fingerprint density at radius 1 is 1.07 bits per heavy atom. The molecule has 0 spiro atoms. The molecule has 1 aliphatic heterocycles. The van der Waals surface area contributed by atoms with Crippen LogP contribution in [0.5, 0.6) is 0 Å². The molecule has 2 rings (SSSR count). The van der Waals surface area contributed by atoms with Crippen LogP contribution in [0.1, 0.15) is 5.56 Å². The minimum atomic E-state index is 0.996. The maximum atomic E-state index is 5.17. The summed E-state index contributed by atoms with van der Waals surface area (Å²) >= 11 is 1.94. The molecule has 1 aromatic rings. The SMILES string of the molecule is ION1CCN(Cc2ccccc2)CC1. The quantitative estimate of drug-likeness (QED) is 0.794. The van der Waals surface area contributed by atoms with E-state index in [0.717, 1.165) is 32.7 Å². The molecule has 0 aromatic heterocycles. The first-order chi connectivity index (χ1) is 7.38. The van der Waals surface area contributed by atoms with E-state index in [2.05, 4.69) is 35.2 Å². The molecule has 3 nitrogen and oxygen atoms in total. The standard InChI is InChI=1S/C11H15IN2O/c12-15-14-8-6-13(7-9-14)10-11-4-2-1-3-5-11/h1-5H,6-10H2. The van der Waals surface area contributed by atoms with E-state index >= 15 is 0 Å². The molecular weight excluding hydrogens is 303 g/mol. The van der Waals surface area contributed by atoms with Crippen LogP contribution in [0, 0.1) is 0 Å². The summed E-state index contributed by atoms with van der Waals surface area (Å²) in [5.74, 6) is 0. The Morgan fingerprint density at radius 2 is 1.73 bits per heavy atom. The number of nitrogens with zero attached hydrogens (tertiary/aromatic N) is 2. The van der Waals surface area contributed by atoms with Crippen LogP contribution < -0.4 is 0 Å². The molecule has 0 radical (unpaired) electrons. The molecule has 82 valence electrons. The fraction of sp³-hybridized carbons (Fsp3) is 0.455. The zero-order valence-electron chi connectivity index (χ0n) is 8.60. The third-order valence-electron chi connectivity index (χ3n) is 2.68. The molecule has 0 saturated carbocycles. The first-order valence-electron chi connectivity index (χ1n) is 5.18. The maximum Gasteiger partial charge on any atom is 0.137 e. The molecule has 0 amide bonds. The van der Waals surface area contributed by atoms with E-state index in [1.165, 1.54) is 5.56 Å². The fourth-order valence-electron chi connectivity index (χ4n) is 1.80. The van der Waals surface area contributed by atoms with Gasteiger partial charge in [-0.2, -0.15) is 5.06 Å². The molecule has 0 N–H and O–H groups in total. The molecular formula is C11H15IN2O. The molecule has 0 unspecified atom stereocenters. The van der Waals surface area contributed by atoms with Crippen molar-refractivity contribution in [2.75, 3.05) is 26.2 Å². The smallest absolute Gasteiger partial charge is 0.137 e. The van der Waals surface area contributed by atoms with E-state index in [9.17, 15) is 0 Å². The Balaban J connectivity index is 1.82. The van der Waals surface area contributed by atoms with Crippen molar-refractivity contribution in [2.24, 2.45) is 0 Å². The minimum absolute atomic E-state index is 0.996. The summed E-state index contributed by atoms with van der Waals surface area (Å²) < 4.78 is 5.17. The second kappa shape index (κ2) is 5.79. The van der Waals surface area contributed by atoms with E-state index in [1.54, 1.807) is 0 Å². The fourth-order valence-corrected chi connectivity index (χ4v) is 2.19. The van der Waals surface area contributed by atoms with Gasteiger partial charge in [0.15, 0.2) is 0 Å². The van der Waals surface area contributed by atoms with Crippen LogP contribution in [0.25, 0.3) is 0 Å². The molecule has 1 aromatic carbocycles. The van der Waals surface area contributed by atoms with Crippen molar-refractivity contribution in [3.63, 3.8) is 0 Å². The van der Waals surface area contributed by atoms with Gasteiger partial charge in [-0.3, -0.25) is 4.90 Å². The molecule has 0 bridgehead atoms. The van der Waals surface area contributed by atoms with Gasteiger partial charge in [0.05, 0.1) is 0 Å². The second-order valence-electron chi connectivity index (χ2n) is 3.76. The highest BCUT2D eigenvalue weighted by Gasteiger charge is 2.16. The lowest BCUT2D eigenvalue weighted by Gasteiger charge is -2.32. The lowest BCUT2D eigenvalue weighted by Crippen LogP contribution is -2.44. The van der Waals surface area contributed by atoms with Crippen LogP contribution in [0.15, 0.2) is 30.3 Å². The number of halogens is 1. The van der Waals surface area contributed by atoms with Crippen LogP contribution in [-0.2, 0) is 9.71 Å². The van der Waals surface area contributed by atoms with Crippen molar-refractivity contribution < 1.29 is 3.17 Å². The lowest BCUT2D eigenvalue weighted by atomic mass is 10.2. The van der Waals surface area contributed by atoms with Gasteiger partial charge in [0.25, 0.3) is 0 Å². The average Bonchev–Trinajstić information content (AvgIpc) is 2.31. The highest BCUT2D eigenvalue weighted by Crippen LogP contribution is 2.09. The number of rotatable bonds is 3. The normalized spacial score (nSPS) is 19.3. The largest absolute Gasteiger partial charge is 0.296 e. The molecule has 15 heavy (non-hydrogen) atoms. The second-order valence-corrected chi connectivity index (χ2v) is 4.15. The molecule has 1 saturated heterocycles. The van der Waals surface area contributed by atoms with Crippen molar-refractivity contribution in [3.05, 3.63) is 35.9 Å². The van der Waals surface area contributed by atoms with Crippen LogP contribution in [0.4, 0.5) is 0 Å². The van der Waals surface area contributed by atoms with Gasteiger partial charge in [-0.05, 0) is 5.56 Å². The zero-order valence-corrected chi connectivity index (χ0v) is 10.8. The van der Waals surface area contributed by atoms with Gasteiger partial charge in [0.2, 0.25) is 0 Å². The Kier molecular flexibility index (Phi) is 4.37. The van der Waals surface area contributed by atoms with Crippen molar-refractivity contribution in [3.8, 4) is 0 Å². The van der Waals surface area contributed by atoms with Crippen molar-refractivity contribution in [1.82, 2.24) is 9.96 Å². The highest BCUT2D eigenvalue weighted by atomic mass is 127.